The maximum Gasteiger partial charge on any atom is 0.191 e. The number of aromatic nitrogens is 3. The minimum Gasteiger partial charge on any atom is -0.378 e. The van der Waals surface area contributed by atoms with Gasteiger partial charge in [0, 0.05) is 18.2 Å². The second-order valence-electron chi connectivity index (χ2n) is 4.78. The number of hydrogen-bond donors (Lipinski definition) is 0. The van der Waals surface area contributed by atoms with Crippen LogP contribution >= 0.6 is 11.8 Å². The van der Waals surface area contributed by atoms with Gasteiger partial charge in [0.25, 0.3) is 0 Å². The smallest absolute Gasteiger partial charge is 0.191 e. The zero-order valence-corrected chi connectivity index (χ0v) is 11.9. The third kappa shape index (κ3) is 3.59. The predicted octanol–water partition coefficient (Wildman–Crippen LogP) is 2.86. The summed E-state index contributed by atoms with van der Waals surface area (Å²) in [5, 5.41) is 9.59. The van der Waals surface area contributed by atoms with Crippen LogP contribution in [0.25, 0.3) is 0 Å². The van der Waals surface area contributed by atoms with Crippen LogP contribution in [0.2, 0.25) is 0 Å². The second-order valence-corrected chi connectivity index (χ2v) is 5.84. The normalized spacial score (nSPS) is 15.3. The lowest BCUT2D eigenvalue weighted by atomic mass is 10.4. The van der Waals surface area contributed by atoms with Crippen LogP contribution < -0.4 is 0 Å². The molecule has 0 spiro atoms. The van der Waals surface area contributed by atoms with Crippen molar-refractivity contribution in [3.63, 3.8) is 0 Å². The molecule has 1 aromatic rings. The van der Waals surface area contributed by atoms with Gasteiger partial charge in [0.05, 0.1) is 12.7 Å². The minimum atomic E-state index is 0.290. The first-order valence-corrected chi connectivity index (χ1v) is 7.49. The lowest BCUT2D eigenvalue weighted by Gasteiger charge is -2.08. The van der Waals surface area contributed by atoms with Gasteiger partial charge in [-0.25, -0.2) is 0 Å². The van der Waals surface area contributed by atoms with Crippen LogP contribution in [0, 0.1) is 0 Å². The van der Waals surface area contributed by atoms with Crippen molar-refractivity contribution >= 4 is 11.8 Å². The molecule has 100 valence electrons. The van der Waals surface area contributed by atoms with E-state index in [9.17, 15) is 0 Å². The van der Waals surface area contributed by atoms with Gasteiger partial charge in [-0.3, -0.25) is 0 Å². The first kappa shape index (κ1) is 13.6. The zero-order valence-electron chi connectivity index (χ0n) is 11.1. The van der Waals surface area contributed by atoms with Gasteiger partial charge in [-0.2, -0.15) is 0 Å². The minimum absolute atomic E-state index is 0.290. The Balaban J connectivity index is 1.92. The molecular weight excluding hydrogens is 246 g/mol. The summed E-state index contributed by atoms with van der Waals surface area (Å²) in [6.07, 6.45) is 4.69. The van der Waals surface area contributed by atoms with E-state index in [-0.39, 0.29) is 0 Å². The first-order chi connectivity index (χ1) is 8.72. The van der Waals surface area contributed by atoms with E-state index < -0.39 is 0 Å². The number of thioether (sulfide) groups is 1. The molecule has 0 atom stereocenters. The molecule has 0 aliphatic heterocycles. The standard InChI is InChI=1S/C13H21N3OS/c1-4-7-16-12(11-5-6-11)14-15-13(16)18-9-8-17-10(2)3/h4,10-11H,1,5-9H2,2-3H3. The Hall–Kier alpha value is -0.810. The van der Waals surface area contributed by atoms with Crippen molar-refractivity contribution in [3.05, 3.63) is 18.5 Å². The van der Waals surface area contributed by atoms with Gasteiger partial charge in [-0.05, 0) is 26.7 Å². The molecule has 0 unspecified atom stereocenters. The third-order valence-corrected chi connectivity index (χ3v) is 3.70. The second kappa shape index (κ2) is 6.38. The fourth-order valence-corrected chi connectivity index (χ4v) is 2.55. The van der Waals surface area contributed by atoms with E-state index in [4.69, 9.17) is 4.74 Å². The van der Waals surface area contributed by atoms with Crippen LogP contribution in [-0.4, -0.2) is 33.2 Å². The summed E-state index contributed by atoms with van der Waals surface area (Å²) >= 11 is 1.71. The number of rotatable bonds is 8. The molecule has 0 aromatic carbocycles. The SMILES string of the molecule is C=CCn1c(SCCOC(C)C)nnc1C1CC1. The maximum absolute atomic E-state index is 5.53. The maximum atomic E-state index is 5.53. The Kier molecular flexibility index (Phi) is 4.83. The number of ether oxygens (including phenoxy) is 1. The highest BCUT2D eigenvalue weighted by Gasteiger charge is 2.29. The van der Waals surface area contributed by atoms with Crippen LogP contribution in [0.4, 0.5) is 0 Å². The monoisotopic (exact) mass is 267 g/mol. The van der Waals surface area contributed by atoms with Gasteiger partial charge in [0.15, 0.2) is 5.16 Å². The Morgan fingerprint density at radius 1 is 1.50 bits per heavy atom. The van der Waals surface area contributed by atoms with Crippen LogP contribution in [0.3, 0.4) is 0 Å². The van der Waals surface area contributed by atoms with E-state index in [0.717, 1.165) is 29.9 Å². The van der Waals surface area contributed by atoms with Crippen LogP contribution in [0.1, 0.15) is 38.4 Å². The van der Waals surface area contributed by atoms with Crippen molar-refractivity contribution in [1.82, 2.24) is 14.8 Å². The molecular formula is C13H21N3OS. The van der Waals surface area contributed by atoms with E-state index in [2.05, 4.69) is 35.2 Å². The third-order valence-electron chi connectivity index (χ3n) is 2.77. The van der Waals surface area contributed by atoms with E-state index in [1.54, 1.807) is 11.8 Å². The highest BCUT2D eigenvalue weighted by atomic mass is 32.2. The van der Waals surface area contributed by atoms with Crippen LogP contribution in [0.15, 0.2) is 17.8 Å². The molecule has 0 amide bonds. The molecule has 5 heteroatoms. The number of allylic oxidation sites excluding steroid dienone is 1. The summed E-state index contributed by atoms with van der Waals surface area (Å²) in [4.78, 5) is 0. The summed E-state index contributed by atoms with van der Waals surface area (Å²) in [5.41, 5.74) is 0. The molecule has 1 aliphatic carbocycles. The predicted molar refractivity (Wildman–Crippen MR) is 74.0 cm³/mol. The van der Waals surface area contributed by atoms with Crippen molar-refractivity contribution < 1.29 is 4.74 Å². The van der Waals surface area contributed by atoms with Gasteiger partial charge in [-0.15, -0.1) is 16.8 Å². The lowest BCUT2D eigenvalue weighted by molar-refractivity contribution is 0.0920. The van der Waals surface area contributed by atoms with Gasteiger partial charge in [0.2, 0.25) is 0 Å². The highest BCUT2D eigenvalue weighted by Crippen LogP contribution is 2.39. The van der Waals surface area contributed by atoms with Crippen molar-refractivity contribution in [2.45, 2.75) is 50.4 Å². The highest BCUT2D eigenvalue weighted by molar-refractivity contribution is 7.99. The van der Waals surface area contributed by atoms with Crippen LogP contribution in [-0.2, 0) is 11.3 Å². The van der Waals surface area contributed by atoms with Crippen molar-refractivity contribution in [2.24, 2.45) is 0 Å². The van der Waals surface area contributed by atoms with E-state index in [1.165, 1.54) is 12.8 Å². The lowest BCUT2D eigenvalue weighted by Crippen LogP contribution is -2.07. The average molecular weight is 267 g/mol. The molecule has 1 saturated carbocycles. The van der Waals surface area contributed by atoms with Crippen molar-refractivity contribution in [3.8, 4) is 0 Å². The fraction of sp³-hybridized carbons (Fsp3) is 0.692. The molecule has 18 heavy (non-hydrogen) atoms. The summed E-state index contributed by atoms with van der Waals surface area (Å²) in [7, 11) is 0. The largest absolute Gasteiger partial charge is 0.378 e. The van der Waals surface area contributed by atoms with Gasteiger partial charge in [-0.1, -0.05) is 17.8 Å². The Morgan fingerprint density at radius 3 is 2.89 bits per heavy atom. The van der Waals surface area contributed by atoms with Crippen molar-refractivity contribution in [2.75, 3.05) is 12.4 Å². The molecule has 1 heterocycles. The molecule has 0 N–H and O–H groups in total. The number of hydrogen-bond acceptors (Lipinski definition) is 4. The molecule has 4 nitrogen and oxygen atoms in total. The zero-order chi connectivity index (χ0) is 13.0. The number of nitrogens with zero attached hydrogens (tertiary/aromatic N) is 3. The topological polar surface area (TPSA) is 39.9 Å². The summed E-state index contributed by atoms with van der Waals surface area (Å²) in [6.45, 7) is 9.46. The van der Waals surface area contributed by atoms with Gasteiger partial charge < -0.3 is 9.30 Å². The van der Waals surface area contributed by atoms with Crippen molar-refractivity contribution in [1.29, 1.82) is 0 Å². The Labute approximate surface area is 113 Å². The Morgan fingerprint density at radius 2 is 2.28 bits per heavy atom. The summed E-state index contributed by atoms with van der Waals surface area (Å²) in [6, 6.07) is 0. The van der Waals surface area contributed by atoms with E-state index >= 15 is 0 Å². The molecule has 1 fully saturated rings. The van der Waals surface area contributed by atoms with E-state index in [1.807, 2.05) is 6.08 Å². The molecule has 0 radical (unpaired) electrons. The quantitative estimate of drug-likeness (QED) is 0.412. The average Bonchev–Trinajstić information content (AvgIpc) is 3.09. The first-order valence-electron chi connectivity index (χ1n) is 6.50. The molecule has 2 rings (SSSR count). The van der Waals surface area contributed by atoms with Gasteiger partial charge in [0.1, 0.15) is 5.82 Å². The fourth-order valence-electron chi connectivity index (χ4n) is 1.77. The Bertz CT molecular complexity index is 399. The molecule has 1 aromatic heterocycles. The van der Waals surface area contributed by atoms with Crippen LogP contribution in [0.5, 0.6) is 0 Å². The molecule has 0 saturated heterocycles. The summed E-state index contributed by atoms with van der Waals surface area (Å²) < 4.78 is 7.72. The molecule has 0 bridgehead atoms. The molecule has 1 aliphatic rings. The van der Waals surface area contributed by atoms with Gasteiger partial charge >= 0.3 is 0 Å². The summed E-state index contributed by atoms with van der Waals surface area (Å²) in [5.74, 6) is 2.67. The van der Waals surface area contributed by atoms with E-state index in [0.29, 0.717) is 12.0 Å².